The summed E-state index contributed by atoms with van der Waals surface area (Å²) >= 11 is 0. The van der Waals surface area contributed by atoms with Gasteiger partial charge in [0.05, 0.1) is 24.4 Å². The predicted molar refractivity (Wildman–Crippen MR) is 208 cm³/mol. The number of nitrogens with zero attached hydrogens (tertiary/aromatic N) is 4. The van der Waals surface area contributed by atoms with Crippen molar-refractivity contribution in [3.8, 4) is 0 Å². The molecule has 7 atom stereocenters. The molecule has 0 unspecified atom stereocenters. The van der Waals surface area contributed by atoms with Crippen molar-refractivity contribution in [2.24, 2.45) is 22.7 Å². The number of rotatable bonds is 15. The summed E-state index contributed by atoms with van der Waals surface area (Å²) in [7, 11) is 0. The van der Waals surface area contributed by atoms with E-state index in [2.05, 4.69) is 62.1 Å². The minimum absolute atomic E-state index is 0.0323. The number of carbonyl (C=O) groups excluding carboxylic acids is 2. The molecule has 3 fully saturated rings. The van der Waals surface area contributed by atoms with Crippen molar-refractivity contribution in [3.05, 3.63) is 79.9 Å². The van der Waals surface area contributed by atoms with Gasteiger partial charge in [-0.1, -0.05) is 55.4 Å². The number of carbonyl (C=O) groups is 2. The zero-order valence-corrected chi connectivity index (χ0v) is 33.7. The van der Waals surface area contributed by atoms with Gasteiger partial charge in [0.15, 0.2) is 0 Å². The Morgan fingerprint density at radius 2 is 1.73 bits per heavy atom. The lowest BCUT2D eigenvalue weighted by Gasteiger charge is -2.60. The molecule has 13 heteroatoms. The van der Waals surface area contributed by atoms with Crippen LogP contribution in [0.2, 0.25) is 0 Å². The van der Waals surface area contributed by atoms with Crippen LogP contribution in [0.1, 0.15) is 131 Å². The summed E-state index contributed by atoms with van der Waals surface area (Å²) in [5.74, 6) is 0.422. The third-order valence-corrected chi connectivity index (χ3v) is 12.7. The first kappa shape index (κ1) is 42.2. The van der Waals surface area contributed by atoms with Gasteiger partial charge >= 0.3 is 11.7 Å². The molecule has 13 nitrogen and oxygen atoms in total. The maximum absolute atomic E-state index is 12.8. The van der Waals surface area contributed by atoms with Gasteiger partial charge in [-0.2, -0.15) is 0 Å². The lowest BCUT2D eigenvalue weighted by Crippen LogP contribution is -2.59. The highest BCUT2D eigenvalue weighted by Crippen LogP contribution is 2.62. The van der Waals surface area contributed by atoms with Crippen molar-refractivity contribution in [1.82, 2.24) is 24.5 Å². The molecule has 2 aromatic heterocycles. The number of aromatic nitrogens is 5. The lowest BCUT2D eigenvalue weighted by molar-refractivity contribution is -0.177. The number of ketones is 1. The van der Waals surface area contributed by atoms with E-state index in [9.17, 15) is 29.4 Å². The van der Waals surface area contributed by atoms with E-state index in [1.807, 2.05) is 13.0 Å². The Bertz CT molecular complexity index is 1900. The van der Waals surface area contributed by atoms with E-state index in [1.54, 1.807) is 13.1 Å². The Balaban J connectivity index is 1.00. The van der Waals surface area contributed by atoms with Crippen molar-refractivity contribution in [2.75, 3.05) is 0 Å². The van der Waals surface area contributed by atoms with E-state index in [4.69, 9.17) is 9.47 Å². The van der Waals surface area contributed by atoms with Crippen LogP contribution in [-0.4, -0.2) is 64.3 Å². The summed E-state index contributed by atoms with van der Waals surface area (Å²) in [6.07, 6.45) is 15.8. The van der Waals surface area contributed by atoms with E-state index in [-0.39, 0.29) is 36.3 Å². The largest absolute Gasteiger partial charge is 0.456 e. The van der Waals surface area contributed by atoms with E-state index in [0.29, 0.717) is 35.8 Å². The summed E-state index contributed by atoms with van der Waals surface area (Å²) in [6.45, 7) is 14.7. The monoisotopic (exact) mass is 763 g/mol. The average Bonchev–Trinajstić information content (AvgIpc) is 3.72. The first-order valence-electron chi connectivity index (χ1n) is 19.9. The zero-order chi connectivity index (χ0) is 40.1. The van der Waals surface area contributed by atoms with Crippen LogP contribution in [0.3, 0.4) is 0 Å². The van der Waals surface area contributed by atoms with Crippen LogP contribution < -0.4 is 11.2 Å². The summed E-state index contributed by atoms with van der Waals surface area (Å²) in [5, 5.41) is 30.1. The van der Waals surface area contributed by atoms with Crippen LogP contribution in [-0.2, 0) is 32.2 Å². The fraction of sp³-hybridized carbons (Fsp3) is 0.667. The van der Waals surface area contributed by atoms with Gasteiger partial charge < -0.3 is 19.7 Å². The van der Waals surface area contributed by atoms with Gasteiger partial charge in [-0.05, 0) is 103 Å². The number of esters is 1. The highest BCUT2D eigenvalue weighted by Gasteiger charge is 2.59. The topological polar surface area (TPSA) is 179 Å². The number of hydrogen-bond donors (Lipinski definition) is 3. The molecule has 2 aliphatic carbocycles. The molecule has 2 saturated carbocycles. The fourth-order valence-corrected chi connectivity index (χ4v) is 9.45. The second kappa shape index (κ2) is 17.5. The number of aliphatic hydroxyl groups is 2. The van der Waals surface area contributed by atoms with Gasteiger partial charge in [-0.25, -0.2) is 14.3 Å². The molecule has 3 N–H and O–H groups in total. The van der Waals surface area contributed by atoms with Crippen molar-refractivity contribution in [3.63, 3.8) is 0 Å². The Kier molecular flexibility index (Phi) is 13.4. The maximum atomic E-state index is 12.8. The van der Waals surface area contributed by atoms with Gasteiger partial charge in [0, 0.05) is 36.1 Å². The highest BCUT2D eigenvalue weighted by atomic mass is 16.5. The molecule has 1 aliphatic heterocycles. The van der Waals surface area contributed by atoms with Gasteiger partial charge in [-0.3, -0.25) is 19.1 Å². The van der Waals surface area contributed by atoms with Gasteiger partial charge in [0.2, 0.25) is 0 Å². The van der Waals surface area contributed by atoms with Crippen LogP contribution in [0, 0.1) is 22.7 Å². The molecule has 0 radical (unpaired) electrons. The Morgan fingerprint density at radius 1 is 1.04 bits per heavy atom. The summed E-state index contributed by atoms with van der Waals surface area (Å²) in [5.41, 5.74) is 1.38. The Morgan fingerprint density at radius 3 is 2.44 bits per heavy atom. The van der Waals surface area contributed by atoms with Crippen molar-refractivity contribution < 1.29 is 29.3 Å². The molecular weight excluding hydrogens is 702 g/mol. The van der Waals surface area contributed by atoms with Crippen LogP contribution in [0.15, 0.2) is 63.0 Å². The van der Waals surface area contributed by atoms with Gasteiger partial charge in [0.1, 0.15) is 30.4 Å². The van der Waals surface area contributed by atoms with Crippen molar-refractivity contribution >= 4 is 11.8 Å². The molecule has 0 amide bonds. The summed E-state index contributed by atoms with van der Waals surface area (Å²) < 4.78 is 14.0. The number of H-pyrrole nitrogens is 1. The van der Waals surface area contributed by atoms with E-state index >= 15 is 0 Å². The Labute approximate surface area is 323 Å². The van der Waals surface area contributed by atoms with Crippen molar-refractivity contribution in [1.29, 1.82) is 0 Å². The van der Waals surface area contributed by atoms with Crippen molar-refractivity contribution in [2.45, 2.75) is 156 Å². The van der Waals surface area contributed by atoms with Crippen LogP contribution in [0.5, 0.6) is 0 Å². The summed E-state index contributed by atoms with van der Waals surface area (Å²) in [6, 6.07) is 1.22. The third-order valence-electron chi connectivity index (χ3n) is 12.7. The number of ether oxygens (including phenoxy) is 2. The van der Waals surface area contributed by atoms with Crippen LogP contribution in [0.4, 0.5) is 0 Å². The average molecular weight is 764 g/mol. The van der Waals surface area contributed by atoms with Gasteiger partial charge in [-0.15, -0.1) is 5.10 Å². The molecule has 55 heavy (non-hydrogen) atoms. The first-order valence-corrected chi connectivity index (χ1v) is 19.9. The highest BCUT2D eigenvalue weighted by molar-refractivity contribution is 5.87. The van der Waals surface area contributed by atoms with Gasteiger partial charge in [0.25, 0.3) is 5.56 Å². The number of aromatic amines is 1. The minimum atomic E-state index is -0.860. The second-order valence-corrected chi connectivity index (χ2v) is 17.3. The van der Waals surface area contributed by atoms with Crippen LogP contribution in [0.25, 0.3) is 0 Å². The molecule has 0 spiro atoms. The smallest absolute Gasteiger partial charge is 0.333 e. The molecule has 3 heterocycles. The molecule has 2 aromatic rings. The number of hydrogen-bond acceptors (Lipinski definition) is 10. The predicted octanol–water partition coefficient (Wildman–Crippen LogP) is 5.87. The molecule has 3 aliphatic rings. The number of fused-ring (bicyclic) bond motifs is 1. The zero-order valence-electron chi connectivity index (χ0n) is 33.7. The molecular formula is C42H61N5O8. The number of allylic oxidation sites excluding steroid dienone is 5. The SMILES string of the molecule is C/C(=C\CC/C(C)=C/CC[C@@H]1[C@@]2(C)CCC(=O)C(C)(C)[C@H]2CC[C@@]1(C)O)CC/C=C(\C)C(=O)OCc1cn(C[C@@H]2O[C@H](n3ccc(=O)[nH]c3=O)C[C@H]2O)nn1. The fourth-order valence-electron chi connectivity index (χ4n) is 9.45. The lowest BCUT2D eigenvalue weighted by atomic mass is 9.45. The normalized spacial score (nSPS) is 30.0. The number of Topliss-reactive ketones (excluding diaryl/α,β-unsaturated/α-hetero) is 1. The standard InChI is InChI=1S/C42H61N5O8/c1-27(11-8-12-28(2)14-10-16-34-41(6)20-18-35(49)40(4,5)33(41)17-21-42(34,7)53)13-9-15-29(3)38(51)54-26-30-24-46(45-44-30)25-32-31(48)23-37(55-32)47-22-19-36(50)43-39(47)52/h11,14-15,19,22,24,31-34,37,48,53H,8-10,12-13,16-18,20-21,23,25-26H2,1-7H3,(H,43,50,52)/b27-11+,28-14+,29-15+/t31-,32+,33-,34-,37+,41+,42-/m1/s1. The molecule has 0 bridgehead atoms. The minimum Gasteiger partial charge on any atom is -0.456 e. The number of aliphatic hydroxyl groups excluding tert-OH is 1. The van der Waals surface area contributed by atoms with E-state index in [0.717, 1.165) is 51.4 Å². The molecule has 302 valence electrons. The summed E-state index contributed by atoms with van der Waals surface area (Å²) in [4.78, 5) is 51.1. The maximum Gasteiger partial charge on any atom is 0.333 e. The quantitative estimate of drug-likeness (QED) is 0.113. The van der Waals surface area contributed by atoms with Crippen LogP contribution >= 0.6 is 0 Å². The van der Waals surface area contributed by atoms with E-state index in [1.165, 1.54) is 32.7 Å². The first-order chi connectivity index (χ1) is 25.9. The molecule has 5 rings (SSSR count). The third kappa shape index (κ3) is 10.1. The Hall–Kier alpha value is -3.94. The van der Waals surface area contributed by atoms with E-state index < -0.39 is 41.3 Å². The molecule has 0 aromatic carbocycles. The number of nitrogens with one attached hydrogen (secondary N) is 1. The molecule has 1 saturated heterocycles. The second-order valence-electron chi connectivity index (χ2n) is 17.3.